The summed E-state index contributed by atoms with van der Waals surface area (Å²) in [6.45, 7) is 1.37. The van der Waals surface area contributed by atoms with E-state index < -0.39 is 11.6 Å². The Morgan fingerprint density at radius 2 is 1.81 bits per heavy atom. The van der Waals surface area contributed by atoms with Crippen molar-refractivity contribution in [1.29, 1.82) is 0 Å². The predicted molar refractivity (Wildman–Crippen MR) is 84.6 cm³/mol. The van der Waals surface area contributed by atoms with Crippen LogP contribution in [-0.4, -0.2) is 30.6 Å². The zero-order valence-corrected chi connectivity index (χ0v) is 13.3. The van der Waals surface area contributed by atoms with Crippen molar-refractivity contribution in [2.75, 3.05) is 18.0 Å². The average molecular weight is 351 g/mol. The van der Waals surface area contributed by atoms with Crippen LogP contribution in [0, 0.1) is 0 Å². The maximum atomic E-state index is 12.3. The number of hydrogen-bond donors (Lipinski definition) is 2. The van der Waals surface area contributed by atoms with Crippen molar-refractivity contribution >= 4 is 53.2 Å². The van der Waals surface area contributed by atoms with Gasteiger partial charge in [-0.2, -0.15) is 0 Å². The topological polar surface area (TPSA) is 61.4 Å². The van der Waals surface area contributed by atoms with Gasteiger partial charge in [0.15, 0.2) is 0 Å². The van der Waals surface area contributed by atoms with E-state index in [9.17, 15) is 9.59 Å². The molecule has 0 aliphatic carbocycles. The zero-order chi connectivity index (χ0) is 14.3. The molecule has 0 saturated carbocycles. The molecule has 2 N–H and O–H groups in total. The number of imide groups is 1. The number of hydrogen-bond acceptors (Lipinski definition) is 3. The lowest BCUT2D eigenvalue weighted by Crippen LogP contribution is -2.56. The molecule has 2 saturated heterocycles. The highest BCUT2D eigenvalue weighted by atomic mass is 35.5. The molecule has 2 fully saturated rings. The van der Waals surface area contributed by atoms with Crippen molar-refractivity contribution in [2.24, 2.45) is 0 Å². The van der Waals surface area contributed by atoms with Crippen molar-refractivity contribution in [3.8, 4) is 0 Å². The third-order valence-corrected chi connectivity index (χ3v) is 4.39. The van der Waals surface area contributed by atoms with E-state index in [0.717, 1.165) is 0 Å². The third-order valence-electron chi connectivity index (χ3n) is 3.86. The van der Waals surface area contributed by atoms with E-state index in [1.54, 1.807) is 18.2 Å². The summed E-state index contributed by atoms with van der Waals surface area (Å²) in [5.74, 6) is -0.255. The number of nitrogens with zero attached hydrogens (tertiary/aromatic N) is 1. The fourth-order valence-electron chi connectivity index (χ4n) is 2.86. The molecule has 2 heterocycles. The van der Waals surface area contributed by atoms with Gasteiger partial charge in [0.2, 0.25) is 0 Å². The van der Waals surface area contributed by atoms with E-state index in [-0.39, 0.29) is 18.3 Å². The summed E-state index contributed by atoms with van der Waals surface area (Å²) >= 11 is 12.1. The summed E-state index contributed by atoms with van der Waals surface area (Å²) in [7, 11) is 0. The summed E-state index contributed by atoms with van der Waals surface area (Å²) < 4.78 is 0. The lowest BCUT2D eigenvalue weighted by atomic mass is 9.86. The van der Waals surface area contributed by atoms with Crippen LogP contribution < -0.4 is 15.5 Å². The quantitative estimate of drug-likeness (QED) is 0.765. The number of carbonyl (C=O) groups is 2. The second-order valence-electron chi connectivity index (χ2n) is 4.97. The molecule has 1 aromatic rings. The van der Waals surface area contributed by atoms with Crippen molar-refractivity contribution in [2.45, 2.75) is 18.4 Å². The van der Waals surface area contributed by atoms with Crippen LogP contribution in [-0.2, 0) is 4.79 Å². The second kappa shape index (κ2) is 6.01. The Kier molecular flexibility index (Phi) is 4.68. The summed E-state index contributed by atoms with van der Waals surface area (Å²) in [6, 6.07) is 4.48. The Morgan fingerprint density at radius 3 is 2.43 bits per heavy atom. The Balaban J connectivity index is 0.00000161. The number of piperidine rings is 1. The zero-order valence-electron chi connectivity index (χ0n) is 11.0. The summed E-state index contributed by atoms with van der Waals surface area (Å²) in [6.07, 6.45) is 1.12. The monoisotopic (exact) mass is 349 g/mol. The molecule has 0 radical (unpaired) electrons. The minimum Gasteiger partial charge on any atom is -0.317 e. The SMILES string of the molecule is Cl.O=C1NC(=O)C2(CCNCC2)N1c1ccc(Cl)cc1Cl. The van der Waals surface area contributed by atoms with Gasteiger partial charge < -0.3 is 5.32 Å². The minimum absolute atomic E-state index is 0. The molecular formula is C13H14Cl3N3O2. The lowest BCUT2D eigenvalue weighted by molar-refractivity contribution is -0.124. The standard InChI is InChI=1S/C13H13Cl2N3O2.ClH/c14-8-1-2-10(9(15)7-8)18-12(20)17-11(19)13(18)3-5-16-6-4-13;/h1-2,7,16H,3-6H2,(H,17,19,20);1H. The van der Waals surface area contributed by atoms with Crippen LogP contribution in [0.5, 0.6) is 0 Å². The van der Waals surface area contributed by atoms with Gasteiger partial charge >= 0.3 is 6.03 Å². The number of anilines is 1. The highest BCUT2D eigenvalue weighted by molar-refractivity contribution is 6.37. The first-order valence-electron chi connectivity index (χ1n) is 6.36. The first kappa shape index (κ1) is 16.4. The van der Waals surface area contributed by atoms with Crippen molar-refractivity contribution in [3.63, 3.8) is 0 Å². The maximum Gasteiger partial charge on any atom is 0.329 e. The molecule has 8 heteroatoms. The van der Waals surface area contributed by atoms with Gasteiger partial charge in [-0.1, -0.05) is 23.2 Å². The predicted octanol–water partition coefficient (Wildman–Crippen LogP) is 2.59. The van der Waals surface area contributed by atoms with E-state index in [2.05, 4.69) is 10.6 Å². The molecular weight excluding hydrogens is 337 g/mol. The molecule has 1 spiro atoms. The van der Waals surface area contributed by atoms with E-state index in [0.29, 0.717) is 41.7 Å². The molecule has 114 valence electrons. The van der Waals surface area contributed by atoms with Crippen LogP contribution in [0.1, 0.15) is 12.8 Å². The van der Waals surface area contributed by atoms with Gasteiger partial charge in [-0.15, -0.1) is 12.4 Å². The van der Waals surface area contributed by atoms with Crippen LogP contribution in [0.4, 0.5) is 10.5 Å². The Morgan fingerprint density at radius 1 is 1.14 bits per heavy atom. The van der Waals surface area contributed by atoms with Gasteiger partial charge in [-0.05, 0) is 44.1 Å². The summed E-state index contributed by atoms with van der Waals surface area (Å²) in [4.78, 5) is 25.9. The van der Waals surface area contributed by atoms with Gasteiger partial charge in [0.25, 0.3) is 5.91 Å². The van der Waals surface area contributed by atoms with Gasteiger partial charge in [0.05, 0.1) is 10.7 Å². The Hall–Kier alpha value is -1.01. The van der Waals surface area contributed by atoms with Crippen LogP contribution in [0.15, 0.2) is 18.2 Å². The fraction of sp³-hybridized carbons (Fsp3) is 0.385. The van der Waals surface area contributed by atoms with E-state index in [4.69, 9.17) is 23.2 Å². The fourth-order valence-corrected chi connectivity index (χ4v) is 3.35. The molecule has 2 aliphatic heterocycles. The third kappa shape index (κ3) is 2.59. The molecule has 21 heavy (non-hydrogen) atoms. The van der Waals surface area contributed by atoms with E-state index in [1.165, 1.54) is 4.90 Å². The molecule has 0 unspecified atom stereocenters. The van der Waals surface area contributed by atoms with Crippen molar-refractivity contribution < 1.29 is 9.59 Å². The highest BCUT2D eigenvalue weighted by Crippen LogP contribution is 2.39. The Bertz CT molecular complexity index is 588. The number of rotatable bonds is 1. The van der Waals surface area contributed by atoms with Gasteiger partial charge in [0.1, 0.15) is 5.54 Å². The van der Waals surface area contributed by atoms with Crippen LogP contribution in [0.2, 0.25) is 10.0 Å². The van der Waals surface area contributed by atoms with Gasteiger partial charge in [-0.3, -0.25) is 15.0 Å². The normalized spacial score (nSPS) is 20.4. The number of urea groups is 1. The molecule has 1 aromatic carbocycles. The minimum atomic E-state index is -0.847. The van der Waals surface area contributed by atoms with Crippen LogP contribution >= 0.6 is 35.6 Å². The molecule has 0 aromatic heterocycles. The van der Waals surface area contributed by atoms with Gasteiger partial charge in [0, 0.05) is 5.02 Å². The highest BCUT2D eigenvalue weighted by Gasteiger charge is 2.54. The summed E-state index contributed by atoms with van der Waals surface area (Å²) in [5, 5.41) is 6.44. The molecule has 2 aliphatic rings. The van der Waals surface area contributed by atoms with Crippen molar-refractivity contribution in [3.05, 3.63) is 28.2 Å². The lowest BCUT2D eigenvalue weighted by Gasteiger charge is -2.38. The van der Waals surface area contributed by atoms with Crippen LogP contribution in [0.25, 0.3) is 0 Å². The Labute approximate surface area is 138 Å². The number of amides is 3. The number of benzene rings is 1. The average Bonchev–Trinajstić information content (AvgIpc) is 2.63. The molecule has 3 amide bonds. The molecule has 3 rings (SSSR count). The maximum absolute atomic E-state index is 12.3. The van der Waals surface area contributed by atoms with Crippen LogP contribution in [0.3, 0.4) is 0 Å². The molecule has 0 atom stereocenters. The van der Waals surface area contributed by atoms with Crippen molar-refractivity contribution in [1.82, 2.24) is 10.6 Å². The first-order valence-corrected chi connectivity index (χ1v) is 7.12. The smallest absolute Gasteiger partial charge is 0.317 e. The summed E-state index contributed by atoms with van der Waals surface area (Å²) in [5.41, 5.74) is -0.332. The molecule has 0 bridgehead atoms. The first-order chi connectivity index (χ1) is 9.54. The number of nitrogens with one attached hydrogen (secondary N) is 2. The largest absolute Gasteiger partial charge is 0.329 e. The van der Waals surface area contributed by atoms with E-state index in [1.807, 2.05) is 0 Å². The number of halogens is 3. The second-order valence-corrected chi connectivity index (χ2v) is 5.82. The van der Waals surface area contributed by atoms with E-state index >= 15 is 0 Å². The number of carbonyl (C=O) groups excluding carboxylic acids is 2. The van der Waals surface area contributed by atoms with Gasteiger partial charge in [-0.25, -0.2) is 4.79 Å². The molecule has 5 nitrogen and oxygen atoms in total.